The lowest BCUT2D eigenvalue weighted by molar-refractivity contribution is -0.302. The molecular formula is C81H155NO10. The van der Waals surface area contributed by atoms with Crippen molar-refractivity contribution in [2.75, 3.05) is 19.8 Å². The summed E-state index contributed by atoms with van der Waals surface area (Å²) < 4.78 is 16.7. The Labute approximate surface area is 569 Å². The van der Waals surface area contributed by atoms with Crippen LogP contribution in [-0.4, -0.2) is 100 Å². The molecule has 0 aromatic rings. The standard InChI is InChI=1S/C81H155NO10/c1-3-5-7-9-11-13-14-15-16-43-46-49-53-57-61-65-69-77(86)90-70-66-62-58-54-50-47-44-41-39-37-35-33-31-29-27-25-23-21-19-17-18-20-22-24-26-28-30-32-34-36-38-40-42-45-48-52-56-60-64-68-76(85)82-73(74(84)67-63-59-55-51-12-10-8-6-4-2)72-91-81-80(89)79(88)78(87)75(71-83)92-81/h17-18,63,67,73-75,78-81,83-84,87-89H,3-16,19-62,64-66,68-72H2,1-2H3,(H,82,85)/b18-17-,67-63+. The number of esters is 1. The van der Waals surface area contributed by atoms with Crippen LogP contribution in [-0.2, 0) is 23.8 Å². The quantitative estimate of drug-likeness (QED) is 0.0195. The molecule has 0 aliphatic carbocycles. The number of rotatable bonds is 73. The van der Waals surface area contributed by atoms with Gasteiger partial charge in [0, 0.05) is 12.8 Å². The van der Waals surface area contributed by atoms with E-state index in [1.54, 1.807) is 6.08 Å². The average Bonchev–Trinajstić information content (AvgIpc) is 0.924. The summed E-state index contributed by atoms with van der Waals surface area (Å²) in [6.45, 7) is 4.37. The molecule has 0 aromatic carbocycles. The maximum absolute atomic E-state index is 13.0. The minimum atomic E-state index is -1.57. The van der Waals surface area contributed by atoms with Crippen molar-refractivity contribution in [1.82, 2.24) is 5.32 Å². The number of carbonyl (C=O) groups is 2. The number of carbonyl (C=O) groups excluding carboxylic acids is 2. The number of hydrogen-bond acceptors (Lipinski definition) is 10. The maximum atomic E-state index is 13.0. The normalized spacial score (nSPS) is 17.6. The molecule has 0 saturated carbocycles. The lowest BCUT2D eigenvalue weighted by atomic mass is 9.99. The Morgan fingerprint density at radius 1 is 0.391 bits per heavy atom. The smallest absolute Gasteiger partial charge is 0.305 e. The lowest BCUT2D eigenvalue weighted by Crippen LogP contribution is -2.60. The van der Waals surface area contributed by atoms with Crippen LogP contribution in [0.3, 0.4) is 0 Å². The van der Waals surface area contributed by atoms with Crippen molar-refractivity contribution in [3.05, 3.63) is 24.3 Å². The summed E-state index contributed by atoms with van der Waals surface area (Å²) in [7, 11) is 0. The van der Waals surface area contributed by atoms with E-state index in [0.29, 0.717) is 19.4 Å². The Morgan fingerprint density at radius 2 is 0.696 bits per heavy atom. The molecule has 0 radical (unpaired) electrons. The third-order valence-corrected chi connectivity index (χ3v) is 19.6. The van der Waals surface area contributed by atoms with Crippen molar-refractivity contribution in [2.24, 2.45) is 0 Å². The van der Waals surface area contributed by atoms with Crippen molar-refractivity contribution in [1.29, 1.82) is 0 Å². The van der Waals surface area contributed by atoms with Crippen LogP contribution in [0.5, 0.6) is 0 Å². The van der Waals surface area contributed by atoms with Crippen molar-refractivity contribution < 1.29 is 49.3 Å². The molecule has 1 amide bonds. The summed E-state index contributed by atoms with van der Waals surface area (Å²) in [4.78, 5) is 25.1. The van der Waals surface area contributed by atoms with Gasteiger partial charge in [-0.1, -0.05) is 372 Å². The van der Waals surface area contributed by atoms with Gasteiger partial charge in [-0.25, -0.2) is 0 Å². The topological polar surface area (TPSA) is 175 Å². The molecule has 11 heteroatoms. The molecule has 1 rings (SSSR count). The first-order chi connectivity index (χ1) is 45.2. The molecule has 1 aliphatic heterocycles. The number of amides is 1. The van der Waals surface area contributed by atoms with Crippen LogP contribution in [0.1, 0.15) is 418 Å². The first-order valence-corrected chi connectivity index (χ1v) is 40.6. The number of unbranched alkanes of at least 4 members (excludes halogenated alkanes) is 57. The van der Waals surface area contributed by atoms with E-state index in [4.69, 9.17) is 14.2 Å². The Hall–Kier alpha value is -1.86. The van der Waals surface area contributed by atoms with E-state index in [1.165, 1.54) is 340 Å². The molecule has 1 heterocycles. The molecule has 1 aliphatic rings. The highest BCUT2D eigenvalue weighted by Crippen LogP contribution is 2.24. The van der Waals surface area contributed by atoms with Crippen LogP contribution in [0.25, 0.3) is 0 Å². The fourth-order valence-corrected chi connectivity index (χ4v) is 13.2. The van der Waals surface area contributed by atoms with Gasteiger partial charge in [-0.2, -0.15) is 0 Å². The largest absolute Gasteiger partial charge is 0.466 e. The first-order valence-electron chi connectivity index (χ1n) is 40.6. The van der Waals surface area contributed by atoms with Crippen LogP contribution in [0.2, 0.25) is 0 Å². The summed E-state index contributed by atoms with van der Waals surface area (Å²) in [6.07, 6.45) is 81.0. The average molecular weight is 1300 g/mol. The molecule has 11 nitrogen and oxygen atoms in total. The molecule has 6 N–H and O–H groups in total. The van der Waals surface area contributed by atoms with Crippen LogP contribution < -0.4 is 5.32 Å². The Morgan fingerprint density at radius 3 is 1.04 bits per heavy atom. The number of allylic oxidation sites excluding steroid dienone is 3. The highest BCUT2D eigenvalue weighted by atomic mass is 16.7. The van der Waals surface area contributed by atoms with Crippen molar-refractivity contribution in [3.63, 3.8) is 0 Å². The number of ether oxygens (including phenoxy) is 3. The van der Waals surface area contributed by atoms with E-state index in [9.17, 15) is 35.1 Å². The second-order valence-corrected chi connectivity index (χ2v) is 28.5. The molecular weight excluding hydrogens is 1150 g/mol. The van der Waals surface area contributed by atoms with Gasteiger partial charge in [0.1, 0.15) is 24.4 Å². The van der Waals surface area contributed by atoms with E-state index >= 15 is 0 Å². The molecule has 544 valence electrons. The van der Waals surface area contributed by atoms with Crippen LogP contribution in [0.15, 0.2) is 24.3 Å². The van der Waals surface area contributed by atoms with Gasteiger partial charge >= 0.3 is 5.97 Å². The number of hydrogen-bond donors (Lipinski definition) is 6. The molecule has 1 fully saturated rings. The fourth-order valence-electron chi connectivity index (χ4n) is 13.2. The Bertz CT molecular complexity index is 1580. The number of aliphatic hydroxyl groups is 5. The van der Waals surface area contributed by atoms with Crippen LogP contribution in [0, 0.1) is 0 Å². The number of nitrogens with one attached hydrogen (secondary N) is 1. The SMILES string of the molecule is CCCCCCCCC/C=C/C(O)C(COC1OC(CO)C(O)C(O)C1O)NC(=O)CCCCCCCCCCCCCCCCCCC/C=C\CCCCCCCCCCCCCCCCCCCCOC(=O)CCCCCCCCCCCCCCCCCC. The summed E-state index contributed by atoms with van der Waals surface area (Å²) in [6, 6.07) is -0.805. The zero-order chi connectivity index (χ0) is 66.5. The summed E-state index contributed by atoms with van der Waals surface area (Å²) in [5.41, 5.74) is 0. The van der Waals surface area contributed by atoms with Gasteiger partial charge < -0.3 is 45.1 Å². The zero-order valence-corrected chi connectivity index (χ0v) is 60.8. The lowest BCUT2D eigenvalue weighted by Gasteiger charge is -2.40. The van der Waals surface area contributed by atoms with E-state index in [2.05, 4.69) is 31.3 Å². The van der Waals surface area contributed by atoms with Gasteiger partial charge in [0.15, 0.2) is 6.29 Å². The predicted octanol–water partition coefficient (Wildman–Crippen LogP) is 21.9. The van der Waals surface area contributed by atoms with Crippen molar-refractivity contribution >= 4 is 11.9 Å². The van der Waals surface area contributed by atoms with Gasteiger partial charge in [0.25, 0.3) is 0 Å². The predicted molar refractivity (Wildman–Crippen MR) is 389 cm³/mol. The van der Waals surface area contributed by atoms with Crippen LogP contribution >= 0.6 is 0 Å². The zero-order valence-electron chi connectivity index (χ0n) is 60.8. The monoisotopic (exact) mass is 1300 g/mol. The highest BCUT2D eigenvalue weighted by molar-refractivity contribution is 5.76. The molecule has 92 heavy (non-hydrogen) atoms. The minimum Gasteiger partial charge on any atom is -0.466 e. The minimum absolute atomic E-state index is 0.0211. The van der Waals surface area contributed by atoms with Gasteiger partial charge in [-0.05, 0) is 57.8 Å². The molecule has 7 atom stereocenters. The second-order valence-electron chi connectivity index (χ2n) is 28.5. The van der Waals surface area contributed by atoms with Gasteiger partial charge in [-0.15, -0.1) is 0 Å². The van der Waals surface area contributed by atoms with Gasteiger partial charge in [0.05, 0.1) is 32.0 Å². The fraction of sp³-hybridized carbons (Fsp3) is 0.926. The highest BCUT2D eigenvalue weighted by Gasteiger charge is 2.44. The van der Waals surface area contributed by atoms with Gasteiger partial charge in [-0.3, -0.25) is 9.59 Å². The third-order valence-electron chi connectivity index (χ3n) is 19.6. The van der Waals surface area contributed by atoms with Crippen LogP contribution in [0.4, 0.5) is 0 Å². The third kappa shape index (κ3) is 58.3. The van der Waals surface area contributed by atoms with E-state index in [0.717, 1.165) is 51.4 Å². The Kier molecular flexibility index (Phi) is 67.5. The number of aliphatic hydroxyl groups excluding tert-OH is 5. The molecule has 1 saturated heterocycles. The van der Waals surface area contributed by atoms with E-state index in [1.807, 2.05) is 6.08 Å². The van der Waals surface area contributed by atoms with Crippen molar-refractivity contribution in [2.45, 2.75) is 461 Å². The molecule has 0 spiro atoms. The summed E-state index contributed by atoms with van der Waals surface area (Å²) >= 11 is 0. The summed E-state index contributed by atoms with van der Waals surface area (Å²) in [5, 5.41) is 54.4. The molecule has 7 unspecified atom stereocenters. The Balaban J connectivity index is 1.84. The van der Waals surface area contributed by atoms with E-state index < -0.39 is 49.5 Å². The molecule has 0 aromatic heterocycles. The summed E-state index contributed by atoms with van der Waals surface area (Å²) in [5.74, 6) is -0.156. The maximum Gasteiger partial charge on any atom is 0.305 e. The first kappa shape index (κ1) is 88.2. The second kappa shape index (κ2) is 70.5. The van der Waals surface area contributed by atoms with Gasteiger partial charge in [0.2, 0.25) is 5.91 Å². The van der Waals surface area contributed by atoms with E-state index in [-0.39, 0.29) is 18.5 Å². The molecule has 0 bridgehead atoms. The van der Waals surface area contributed by atoms with Crippen molar-refractivity contribution in [3.8, 4) is 0 Å².